The third kappa shape index (κ3) is 3.48. The maximum atomic E-state index is 11.1. The van der Waals surface area contributed by atoms with Gasteiger partial charge in [-0.3, -0.25) is 4.79 Å². The second kappa shape index (κ2) is 6.52. The monoisotopic (exact) mass is 287 g/mol. The third-order valence-corrected chi connectivity index (χ3v) is 3.28. The fourth-order valence-corrected chi connectivity index (χ4v) is 2.25. The molecule has 1 heterocycles. The molecule has 0 saturated carbocycles. The summed E-state index contributed by atoms with van der Waals surface area (Å²) in [4.78, 5) is 11.1. The Morgan fingerprint density at radius 1 is 1.29 bits per heavy atom. The van der Waals surface area contributed by atoms with Crippen molar-refractivity contribution in [1.82, 2.24) is 15.0 Å². The Balaban J connectivity index is 2.23. The van der Waals surface area contributed by atoms with Gasteiger partial charge in [0.15, 0.2) is 12.0 Å². The van der Waals surface area contributed by atoms with Crippen molar-refractivity contribution in [3.8, 4) is 5.75 Å². The van der Waals surface area contributed by atoms with Crippen LogP contribution in [0.1, 0.15) is 41.2 Å². The first-order valence-corrected chi connectivity index (χ1v) is 7.09. The lowest BCUT2D eigenvalue weighted by atomic mass is 10.1. The fraction of sp³-hybridized carbons (Fsp3) is 0.438. The molecule has 2 aromatic rings. The highest BCUT2D eigenvalue weighted by Crippen LogP contribution is 2.23. The van der Waals surface area contributed by atoms with E-state index in [0.29, 0.717) is 24.8 Å². The van der Waals surface area contributed by atoms with Crippen molar-refractivity contribution in [3.05, 3.63) is 40.7 Å². The first-order valence-electron chi connectivity index (χ1n) is 7.09. The summed E-state index contributed by atoms with van der Waals surface area (Å²) in [5, 5.41) is 7.95. The molecule has 0 N–H and O–H groups in total. The first kappa shape index (κ1) is 15.2. The SMILES string of the molecule is Cc1cccc(C)c1OCc1c(C=O)nnn1CC(C)C. The zero-order valence-corrected chi connectivity index (χ0v) is 13.0. The summed E-state index contributed by atoms with van der Waals surface area (Å²) in [6.07, 6.45) is 0.729. The minimum Gasteiger partial charge on any atom is -0.487 e. The molecule has 1 aromatic heterocycles. The quantitative estimate of drug-likeness (QED) is 0.766. The second-order valence-corrected chi connectivity index (χ2v) is 5.62. The van der Waals surface area contributed by atoms with E-state index in [1.54, 1.807) is 4.68 Å². The molecule has 0 unspecified atom stereocenters. The van der Waals surface area contributed by atoms with Gasteiger partial charge in [-0.05, 0) is 30.9 Å². The lowest BCUT2D eigenvalue weighted by molar-refractivity contribution is 0.111. The minimum atomic E-state index is 0.291. The molecular formula is C16H21N3O2. The highest BCUT2D eigenvalue weighted by molar-refractivity contribution is 5.73. The van der Waals surface area contributed by atoms with Gasteiger partial charge in [0.25, 0.3) is 0 Å². The second-order valence-electron chi connectivity index (χ2n) is 5.62. The molecule has 0 bridgehead atoms. The number of aryl methyl sites for hydroxylation is 2. The van der Waals surface area contributed by atoms with Crippen LogP contribution in [0.5, 0.6) is 5.75 Å². The van der Waals surface area contributed by atoms with Crippen LogP contribution >= 0.6 is 0 Å². The van der Waals surface area contributed by atoms with Crippen LogP contribution in [0.15, 0.2) is 18.2 Å². The number of carbonyl (C=O) groups is 1. The van der Waals surface area contributed by atoms with Crippen molar-refractivity contribution >= 4 is 6.29 Å². The molecular weight excluding hydrogens is 266 g/mol. The Hall–Kier alpha value is -2.17. The maximum Gasteiger partial charge on any atom is 0.172 e. The summed E-state index contributed by atoms with van der Waals surface area (Å²) in [6.45, 7) is 9.21. The van der Waals surface area contributed by atoms with Gasteiger partial charge >= 0.3 is 0 Å². The van der Waals surface area contributed by atoms with Crippen molar-refractivity contribution in [3.63, 3.8) is 0 Å². The van der Waals surface area contributed by atoms with Gasteiger partial charge in [0, 0.05) is 6.54 Å². The van der Waals surface area contributed by atoms with E-state index in [1.807, 2.05) is 32.0 Å². The van der Waals surface area contributed by atoms with Gasteiger partial charge in [-0.2, -0.15) is 0 Å². The van der Waals surface area contributed by atoms with E-state index in [0.717, 1.165) is 28.9 Å². The minimum absolute atomic E-state index is 0.291. The largest absolute Gasteiger partial charge is 0.487 e. The zero-order chi connectivity index (χ0) is 15.4. The summed E-state index contributed by atoms with van der Waals surface area (Å²) < 4.78 is 7.67. The fourth-order valence-electron chi connectivity index (χ4n) is 2.25. The van der Waals surface area contributed by atoms with Crippen molar-refractivity contribution < 1.29 is 9.53 Å². The Bertz CT molecular complexity index is 612. The molecule has 0 fully saturated rings. The molecule has 0 saturated heterocycles. The molecule has 0 spiro atoms. The van der Waals surface area contributed by atoms with Gasteiger partial charge in [0.2, 0.25) is 0 Å². The molecule has 0 radical (unpaired) electrons. The van der Waals surface area contributed by atoms with Gasteiger partial charge < -0.3 is 4.74 Å². The molecule has 0 aliphatic heterocycles. The van der Waals surface area contributed by atoms with Crippen molar-refractivity contribution in [2.45, 2.75) is 40.8 Å². The average molecular weight is 287 g/mol. The molecule has 5 heteroatoms. The van der Waals surface area contributed by atoms with E-state index in [9.17, 15) is 4.79 Å². The average Bonchev–Trinajstić information content (AvgIpc) is 2.79. The Labute approximate surface area is 124 Å². The number of aromatic nitrogens is 3. The van der Waals surface area contributed by atoms with Crippen molar-refractivity contribution in [1.29, 1.82) is 0 Å². The number of hydrogen-bond acceptors (Lipinski definition) is 4. The summed E-state index contributed by atoms with van der Waals surface area (Å²) in [5.41, 5.74) is 3.22. The molecule has 5 nitrogen and oxygen atoms in total. The molecule has 2 rings (SSSR count). The molecule has 112 valence electrons. The molecule has 0 amide bonds. The van der Waals surface area contributed by atoms with Crippen LogP contribution in [0.4, 0.5) is 0 Å². The highest BCUT2D eigenvalue weighted by Gasteiger charge is 2.15. The third-order valence-electron chi connectivity index (χ3n) is 3.28. The van der Waals surface area contributed by atoms with Crippen LogP contribution in [0.3, 0.4) is 0 Å². The van der Waals surface area contributed by atoms with Gasteiger partial charge in [-0.25, -0.2) is 4.68 Å². The van der Waals surface area contributed by atoms with Crippen molar-refractivity contribution in [2.24, 2.45) is 5.92 Å². The van der Waals surface area contributed by atoms with Crippen molar-refractivity contribution in [2.75, 3.05) is 0 Å². The van der Waals surface area contributed by atoms with Crippen LogP contribution in [-0.4, -0.2) is 21.3 Å². The Morgan fingerprint density at radius 3 is 2.52 bits per heavy atom. The van der Waals surface area contributed by atoms with Crippen LogP contribution < -0.4 is 4.74 Å². The normalized spacial score (nSPS) is 10.9. The maximum absolute atomic E-state index is 11.1. The van der Waals surface area contributed by atoms with Crippen LogP contribution in [-0.2, 0) is 13.2 Å². The molecule has 0 atom stereocenters. The number of rotatable bonds is 6. The van der Waals surface area contributed by atoms with Gasteiger partial charge in [0.05, 0.1) is 0 Å². The van der Waals surface area contributed by atoms with E-state index in [4.69, 9.17) is 4.74 Å². The number of aldehydes is 1. The number of ether oxygens (including phenoxy) is 1. The number of hydrogen-bond donors (Lipinski definition) is 0. The van der Waals surface area contributed by atoms with E-state index >= 15 is 0 Å². The van der Waals surface area contributed by atoms with E-state index in [2.05, 4.69) is 24.2 Å². The van der Waals surface area contributed by atoms with E-state index in [1.165, 1.54) is 0 Å². The summed E-state index contributed by atoms with van der Waals surface area (Å²) in [6, 6.07) is 6.01. The lowest BCUT2D eigenvalue weighted by Crippen LogP contribution is -2.13. The van der Waals surface area contributed by atoms with Crippen LogP contribution in [0.2, 0.25) is 0 Å². The molecule has 0 aliphatic carbocycles. The Morgan fingerprint density at radius 2 is 1.95 bits per heavy atom. The number of para-hydroxylation sites is 1. The smallest absolute Gasteiger partial charge is 0.172 e. The zero-order valence-electron chi connectivity index (χ0n) is 13.0. The highest BCUT2D eigenvalue weighted by atomic mass is 16.5. The van der Waals surface area contributed by atoms with Gasteiger partial charge in [0.1, 0.15) is 18.1 Å². The standard InChI is InChI=1S/C16H21N3O2/c1-11(2)8-19-15(14(9-20)17-18-19)10-21-16-12(3)6-5-7-13(16)4/h5-7,9,11H,8,10H2,1-4H3. The summed E-state index contributed by atoms with van der Waals surface area (Å²) in [7, 11) is 0. The Kier molecular flexibility index (Phi) is 4.73. The summed E-state index contributed by atoms with van der Waals surface area (Å²) in [5.74, 6) is 1.27. The van der Waals surface area contributed by atoms with Gasteiger partial charge in [-0.1, -0.05) is 37.3 Å². The summed E-state index contributed by atoms with van der Waals surface area (Å²) >= 11 is 0. The van der Waals surface area contributed by atoms with Gasteiger partial charge in [-0.15, -0.1) is 5.10 Å². The van der Waals surface area contributed by atoms with Crippen LogP contribution in [0, 0.1) is 19.8 Å². The number of benzene rings is 1. The van der Waals surface area contributed by atoms with Crippen LogP contribution in [0.25, 0.3) is 0 Å². The first-order chi connectivity index (χ1) is 10.0. The molecule has 0 aliphatic rings. The predicted octanol–water partition coefficient (Wildman–Crippen LogP) is 2.94. The molecule has 1 aromatic carbocycles. The number of carbonyl (C=O) groups excluding carboxylic acids is 1. The molecule has 21 heavy (non-hydrogen) atoms. The van der Waals surface area contributed by atoms with E-state index < -0.39 is 0 Å². The number of nitrogens with zero attached hydrogens (tertiary/aromatic N) is 3. The lowest BCUT2D eigenvalue weighted by Gasteiger charge is -2.13. The van der Waals surface area contributed by atoms with E-state index in [-0.39, 0.29) is 0 Å². The topological polar surface area (TPSA) is 57.0 Å². The predicted molar refractivity (Wildman–Crippen MR) is 80.5 cm³/mol.